The van der Waals surface area contributed by atoms with E-state index in [4.69, 9.17) is 5.41 Å². The van der Waals surface area contributed by atoms with E-state index in [2.05, 4.69) is 6.21 Å². The quantitative estimate of drug-likeness (QED) is 0.413. The zero-order chi connectivity index (χ0) is 5.82. The van der Waals surface area contributed by atoms with Gasteiger partial charge in [0.1, 0.15) is 0 Å². The molecule has 1 heteroatoms. The van der Waals surface area contributed by atoms with Crippen LogP contribution >= 0.6 is 0 Å². The molecule has 0 aliphatic heterocycles. The number of nitrogens with one attached hydrogen (secondary N) is 1. The fourth-order valence-corrected chi connectivity index (χ4v) is 0.521. The van der Waals surface area contributed by atoms with E-state index in [-0.39, 0.29) is 0 Å². The van der Waals surface area contributed by atoms with E-state index in [1.807, 2.05) is 30.3 Å². The minimum absolute atomic E-state index is 0.826. The van der Waals surface area contributed by atoms with Gasteiger partial charge in [-0.2, -0.15) is 5.41 Å². The van der Waals surface area contributed by atoms with Crippen molar-refractivity contribution >= 4 is 6.21 Å². The lowest BCUT2D eigenvalue weighted by atomic mass is 10.2. The molecule has 0 unspecified atom stereocenters. The molecular weight excluding hydrogens is 98.1 g/mol. The number of rotatable bonds is 1. The van der Waals surface area contributed by atoms with Crippen LogP contribution in [0.15, 0.2) is 30.3 Å². The van der Waals surface area contributed by atoms with Crippen LogP contribution < -0.4 is 0 Å². The summed E-state index contributed by atoms with van der Waals surface area (Å²) >= 11 is 0. The SMILES string of the molecule is N=[C+]c1ccccc1. The number of hydrogen-bond donors (Lipinski definition) is 1. The van der Waals surface area contributed by atoms with Gasteiger partial charge in [0.15, 0.2) is 6.21 Å². The van der Waals surface area contributed by atoms with Crippen LogP contribution in [0, 0.1) is 5.41 Å². The number of benzene rings is 1. The highest BCUT2D eigenvalue weighted by Crippen LogP contribution is 1.91. The first-order chi connectivity index (χ1) is 3.93. The molecule has 1 nitrogen and oxygen atoms in total. The molecule has 0 radical (unpaired) electrons. The topological polar surface area (TPSA) is 23.9 Å². The van der Waals surface area contributed by atoms with Crippen LogP contribution in [0.2, 0.25) is 0 Å². The summed E-state index contributed by atoms with van der Waals surface area (Å²) in [5.41, 5.74) is 0.826. The molecular formula is C7H6N+. The van der Waals surface area contributed by atoms with Crippen molar-refractivity contribution in [3.63, 3.8) is 0 Å². The van der Waals surface area contributed by atoms with E-state index in [1.165, 1.54) is 0 Å². The molecule has 1 N–H and O–H groups in total. The van der Waals surface area contributed by atoms with Gasteiger partial charge in [0, 0.05) is 0 Å². The molecule has 8 heavy (non-hydrogen) atoms. The maximum atomic E-state index is 6.69. The van der Waals surface area contributed by atoms with Gasteiger partial charge in [-0.05, 0) is 18.2 Å². The summed E-state index contributed by atoms with van der Waals surface area (Å²) in [5.74, 6) is 0. The van der Waals surface area contributed by atoms with Crippen molar-refractivity contribution in [3.8, 4) is 0 Å². The molecule has 0 aromatic heterocycles. The van der Waals surface area contributed by atoms with Crippen LogP contribution in [0.3, 0.4) is 0 Å². The molecule has 0 fully saturated rings. The van der Waals surface area contributed by atoms with Gasteiger partial charge in [-0.25, -0.2) is 0 Å². The summed E-state index contributed by atoms with van der Waals surface area (Å²) in [4.78, 5) is 0. The molecule has 0 saturated heterocycles. The predicted octanol–water partition coefficient (Wildman–Crippen LogP) is 1.56. The third kappa shape index (κ3) is 0.895. The smallest absolute Gasteiger partial charge is 0.184 e. The van der Waals surface area contributed by atoms with E-state index in [1.54, 1.807) is 0 Å². The Bertz CT molecular complexity index is 167. The minimum Gasteiger partial charge on any atom is -0.184 e. The molecule has 1 rings (SSSR count). The van der Waals surface area contributed by atoms with Crippen molar-refractivity contribution < 1.29 is 0 Å². The second-order valence-electron chi connectivity index (χ2n) is 1.49. The van der Waals surface area contributed by atoms with Gasteiger partial charge in [0.05, 0.1) is 12.1 Å². The first-order valence-corrected chi connectivity index (χ1v) is 2.41. The Morgan fingerprint density at radius 1 is 1.12 bits per heavy atom. The van der Waals surface area contributed by atoms with Crippen molar-refractivity contribution in [2.75, 3.05) is 0 Å². The Balaban J connectivity index is 2.99. The fraction of sp³-hybridized carbons (Fsp3) is 0. The monoisotopic (exact) mass is 104 g/mol. The van der Waals surface area contributed by atoms with Gasteiger partial charge in [-0.15, -0.1) is 0 Å². The molecule has 0 spiro atoms. The fourth-order valence-electron chi connectivity index (χ4n) is 0.521. The average Bonchev–Trinajstić information content (AvgIpc) is 1.90. The summed E-state index contributed by atoms with van der Waals surface area (Å²) in [7, 11) is 0. The Labute approximate surface area is 48.5 Å². The van der Waals surface area contributed by atoms with Gasteiger partial charge < -0.3 is 0 Å². The largest absolute Gasteiger partial charge is 0.208 e. The Kier molecular flexibility index (Phi) is 1.36. The highest BCUT2D eigenvalue weighted by atomic mass is 14.3. The van der Waals surface area contributed by atoms with E-state index in [0.29, 0.717) is 0 Å². The Morgan fingerprint density at radius 3 is 2.12 bits per heavy atom. The van der Waals surface area contributed by atoms with E-state index in [0.717, 1.165) is 5.56 Å². The molecule has 1 aromatic carbocycles. The van der Waals surface area contributed by atoms with Crippen LogP contribution in [0.1, 0.15) is 5.56 Å². The van der Waals surface area contributed by atoms with Crippen LogP contribution in [0.5, 0.6) is 0 Å². The molecule has 0 bridgehead atoms. The second-order valence-corrected chi connectivity index (χ2v) is 1.49. The first kappa shape index (κ1) is 4.95. The third-order valence-corrected chi connectivity index (χ3v) is 0.918. The highest BCUT2D eigenvalue weighted by molar-refractivity contribution is 5.76. The van der Waals surface area contributed by atoms with Crippen molar-refractivity contribution in [2.24, 2.45) is 0 Å². The van der Waals surface area contributed by atoms with Crippen molar-refractivity contribution in [2.45, 2.75) is 0 Å². The molecule has 0 amide bonds. The minimum atomic E-state index is 0.826. The van der Waals surface area contributed by atoms with Crippen LogP contribution in [-0.2, 0) is 0 Å². The van der Waals surface area contributed by atoms with Crippen LogP contribution in [-0.4, -0.2) is 6.21 Å². The average molecular weight is 104 g/mol. The van der Waals surface area contributed by atoms with Crippen molar-refractivity contribution in [1.29, 1.82) is 5.41 Å². The van der Waals surface area contributed by atoms with Crippen LogP contribution in [0.25, 0.3) is 0 Å². The molecule has 0 heterocycles. The zero-order valence-electron chi connectivity index (χ0n) is 4.39. The standard InChI is InChI=1S/C7H6N/c8-6-7-4-2-1-3-5-7/h1-5,8H/q+1. The van der Waals surface area contributed by atoms with E-state index < -0.39 is 0 Å². The summed E-state index contributed by atoms with van der Waals surface area (Å²) in [6, 6.07) is 9.37. The third-order valence-electron chi connectivity index (χ3n) is 0.918. The lowest BCUT2D eigenvalue weighted by Crippen LogP contribution is -1.73. The lowest BCUT2D eigenvalue weighted by molar-refractivity contribution is 1.54. The molecule has 0 saturated carbocycles. The summed E-state index contributed by atoms with van der Waals surface area (Å²) in [6.45, 7) is 0. The molecule has 0 aliphatic carbocycles. The lowest BCUT2D eigenvalue weighted by Gasteiger charge is -1.71. The van der Waals surface area contributed by atoms with Gasteiger partial charge in [0.2, 0.25) is 5.56 Å². The van der Waals surface area contributed by atoms with E-state index in [9.17, 15) is 0 Å². The second kappa shape index (κ2) is 2.20. The normalized spacial score (nSPS) is 8.00. The van der Waals surface area contributed by atoms with Crippen molar-refractivity contribution in [1.82, 2.24) is 0 Å². The maximum Gasteiger partial charge on any atom is 0.208 e. The number of hydrogen-bond acceptors (Lipinski definition) is 1. The van der Waals surface area contributed by atoms with Gasteiger partial charge in [0.25, 0.3) is 0 Å². The maximum absolute atomic E-state index is 6.69. The summed E-state index contributed by atoms with van der Waals surface area (Å²) in [6.07, 6.45) is 2.28. The highest BCUT2D eigenvalue weighted by Gasteiger charge is 1.91. The molecule has 0 atom stereocenters. The zero-order valence-corrected chi connectivity index (χ0v) is 4.39. The summed E-state index contributed by atoms with van der Waals surface area (Å²) < 4.78 is 0. The molecule has 38 valence electrons. The Morgan fingerprint density at radius 2 is 1.75 bits per heavy atom. The molecule has 1 aromatic rings. The molecule has 0 aliphatic rings. The van der Waals surface area contributed by atoms with Crippen LogP contribution in [0.4, 0.5) is 0 Å². The predicted molar refractivity (Wildman–Crippen MR) is 33.3 cm³/mol. The first-order valence-electron chi connectivity index (χ1n) is 2.41. The Hall–Kier alpha value is -1.20. The van der Waals surface area contributed by atoms with Crippen molar-refractivity contribution in [3.05, 3.63) is 35.9 Å². The van der Waals surface area contributed by atoms with Gasteiger partial charge in [-0.3, -0.25) is 0 Å². The van der Waals surface area contributed by atoms with E-state index >= 15 is 0 Å². The van der Waals surface area contributed by atoms with Gasteiger partial charge in [-0.1, -0.05) is 0 Å². The van der Waals surface area contributed by atoms with Gasteiger partial charge >= 0.3 is 0 Å². The summed E-state index contributed by atoms with van der Waals surface area (Å²) in [5, 5.41) is 6.69.